The van der Waals surface area contributed by atoms with Gasteiger partial charge in [-0.05, 0) is 26.8 Å². The number of hydrogen-bond acceptors (Lipinski definition) is 6. The van der Waals surface area contributed by atoms with Crippen LogP contribution in [0.2, 0.25) is 0 Å². The van der Waals surface area contributed by atoms with Crippen molar-refractivity contribution in [2.45, 2.75) is 39.9 Å². The van der Waals surface area contributed by atoms with Crippen molar-refractivity contribution in [3.63, 3.8) is 0 Å². The number of aryl methyl sites for hydroxylation is 2. The van der Waals surface area contributed by atoms with Crippen LogP contribution in [-0.4, -0.2) is 47.1 Å². The van der Waals surface area contributed by atoms with Crippen LogP contribution < -0.4 is 4.72 Å². The third kappa shape index (κ3) is 3.52. The van der Waals surface area contributed by atoms with Gasteiger partial charge in [0, 0.05) is 37.9 Å². The Morgan fingerprint density at radius 3 is 2.88 bits per heavy atom. The topological polar surface area (TPSA) is 93.3 Å². The van der Waals surface area contributed by atoms with E-state index in [0.717, 1.165) is 35.8 Å². The van der Waals surface area contributed by atoms with Gasteiger partial charge in [0.2, 0.25) is 10.0 Å². The van der Waals surface area contributed by atoms with Gasteiger partial charge >= 0.3 is 0 Å². The Labute approximate surface area is 141 Å². The molecule has 0 bridgehead atoms. The normalized spacial score (nSPS) is 18.7. The zero-order valence-electron chi connectivity index (χ0n) is 14.2. The van der Waals surface area contributed by atoms with Gasteiger partial charge in [-0.15, -0.1) is 0 Å². The zero-order chi connectivity index (χ0) is 17.3. The first-order chi connectivity index (χ1) is 11.4. The van der Waals surface area contributed by atoms with Gasteiger partial charge in [-0.1, -0.05) is 5.16 Å². The standard InChI is InChI=1S/C15H23N5O3S/c1-4-24(21,22)17-7-14-9-19(8-13-5-6-16-20(13)14)10-15-11(2)18-23-12(15)3/h5-6,14,17H,4,7-10H2,1-3H3/t14-/m1/s1. The maximum atomic E-state index is 11.7. The van der Waals surface area contributed by atoms with Crippen molar-refractivity contribution in [3.05, 3.63) is 35.0 Å². The smallest absolute Gasteiger partial charge is 0.211 e. The highest BCUT2D eigenvalue weighted by molar-refractivity contribution is 7.89. The lowest BCUT2D eigenvalue weighted by Crippen LogP contribution is -2.43. The third-order valence-corrected chi connectivity index (χ3v) is 5.80. The van der Waals surface area contributed by atoms with E-state index in [4.69, 9.17) is 4.52 Å². The largest absolute Gasteiger partial charge is 0.361 e. The van der Waals surface area contributed by atoms with Crippen molar-refractivity contribution in [2.75, 3.05) is 18.8 Å². The van der Waals surface area contributed by atoms with Gasteiger partial charge < -0.3 is 4.52 Å². The molecule has 9 heteroatoms. The average molecular weight is 353 g/mol. The van der Waals surface area contributed by atoms with Gasteiger partial charge in [-0.25, -0.2) is 13.1 Å². The number of fused-ring (bicyclic) bond motifs is 1. The molecule has 3 heterocycles. The molecule has 8 nitrogen and oxygen atoms in total. The Hall–Kier alpha value is -1.71. The predicted octanol–water partition coefficient (Wildman–Crippen LogP) is 0.984. The molecule has 2 aromatic rings. The second-order valence-corrected chi connectivity index (χ2v) is 8.24. The van der Waals surface area contributed by atoms with Gasteiger partial charge in [0.15, 0.2) is 0 Å². The first-order valence-corrected chi connectivity index (χ1v) is 9.68. The molecular weight excluding hydrogens is 330 g/mol. The minimum atomic E-state index is -3.22. The quantitative estimate of drug-likeness (QED) is 0.832. The Morgan fingerprint density at radius 2 is 2.21 bits per heavy atom. The molecule has 1 aliphatic heterocycles. The minimum Gasteiger partial charge on any atom is -0.361 e. The highest BCUT2D eigenvalue weighted by Gasteiger charge is 2.27. The molecule has 1 aliphatic rings. The van der Waals surface area contributed by atoms with Crippen LogP contribution >= 0.6 is 0 Å². The first-order valence-electron chi connectivity index (χ1n) is 8.03. The molecule has 0 aromatic carbocycles. The Kier molecular flexibility index (Phi) is 4.75. The number of sulfonamides is 1. The van der Waals surface area contributed by atoms with Crippen LogP contribution in [0.15, 0.2) is 16.8 Å². The van der Waals surface area contributed by atoms with Gasteiger partial charge in [0.25, 0.3) is 0 Å². The lowest BCUT2D eigenvalue weighted by Gasteiger charge is -2.33. The molecule has 0 unspecified atom stereocenters. The monoisotopic (exact) mass is 353 g/mol. The van der Waals surface area contributed by atoms with E-state index in [2.05, 4.69) is 19.9 Å². The van der Waals surface area contributed by atoms with Crippen LogP contribution in [0.1, 0.15) is 35.7 Å². The first kappa shape index (κ1) is 17.1. The molecule has 0 spiro atoms. The summed E-state index contributed by atoms with van der Waals surface area (Å²) in [5, 5.41) is 8.36. The number of hydrogen-bond donors (Lipinski definition) is 1. The van der Waals surface area contributed by atoms with Crippen LogP contribution in [0, 0.1) is 13.8 Å². The van der Waals surface area contributed by atoms with Gasteiger partial charge in [0.05, 0.1) is 23.2 Å². The molecule has 0 amide bonds. The average Bonchev–Trinajstić information content (AvgIpc) is 3.14. The van der Waals surface area contributed by atoms with Crippen LogP contribution in [-0.2, 0) is 23.1 Å². The van der Waals surface area contributed by atoms with E-state index in [9.17, 15) is 8.42 Å². The summed E-state index contributed by atoms with van der Waals surface area (Å²) in [5.74, 6) is 0.906. The third-order valence-electron chi connectivity index (χ3n) is 4.43. The summed E-state index contributed by atoms with van der Waals surface area (Å²) in [7, 11) is -3.22. The molecule has 24 heavy (non-hydrogen) atoms. The van der Waals surface area contributed by atoms with Crippen molar-refractivity contribution in [3.8, 4) is 0 Å². The van der Waals surface area contributed by atoms with Crippen molar-refractivity contribution < 1.29 is 12.9 Å². The highest BCUT2D eigenvalue weighted by Crippen LogP contribution is 2.23. The lowest BCUT2D eigenvalue weighted by molar-refractivity contribution is 0.167. The number of nitrogens with one attached hydrogen (secondary N) is 1. The Bertz CT molecular complexity index is 791. The predicted molar refractivity (Wildman–Crippen MR) is 88.8 cm³/mol. The second kappa shape index (κ2) is 6.66. The van der Waals surface area contributed by atoms with E-state index in [0.29, 0.717) is 13.1 Å². The maximum Gasteiger partial charge on any atom is 0.211 e. The summed E-state index contributed by atoms with van der Waals surface area (Å²) in [5.41, 5.74) is 3.07. The lowest BCUT2D eigenvalue weighted by atomic mass is 10.1. The summed E-state index contributed by atoms with van der Waals surface area (Å²) in [6.07, 6.45) is 1.76. The van der Waals surface area contributed by atoms with Crippen LogP contribution in [0.5, 0.6) is 0 Å². The van der Waals surface area contributed by atoms with Crippen LogP contribution in [0.4, 0.5) is 0 Å². The van der Waals surface area contributed by atoms with E-state index in [1.807, 2.05) is 24.6 Å². The summed E-state index contributed by atoms with van der Waals surface area (Å²) in [4.78, 5) is 2.27. The molecule has 0 saturated carbocycles. The van der Waals surface area contributed by atoms with Gasteiger partial charge in [0.1, 0.15) is 5.76 Å². The highest BCUT2D eigenvalue weighted by atomic mass is 32.2. The molecule has 132 valence electrons. The van der Waals surface area contributed by atoms with Crippen LogP contribution in [0.3, 0.4) is 0 Å². The fraction of sp³-hybridized carbons (Fsp3) is 0.600. The summed E-state index contributed by atoms with van der Waals surface area (Å²) >= 11 is 0. The van der Waals surface area contributed by atoms with E-state index >= 15 is 0 Å². The van der Waals surface area contributed by atoms with Crippen molar-refractivity contribution in [1.29, 1.82) is 0 Å². The van der Waals surface area contributed by atoms with Gasteiger partial charge in [-0.2, -0.15) is 5.10 Å². The summed E-state index contributed by atoms with van der Waals surface area (Å²) < 4.78 is 33.3. The Balaban J connectivity index is 1.76. The van der Waals surface area contributed by atoms with E-state index in [-0.39, 0.29) is 11.8 Å². The zero-order valence-corrected chi connectivity index (χ0v) is 15.0. The number of rotatable bonds is 6. The molecule has 2 aromatic heterocycles. The van der Waals surface area contributed by atoms with Crippen molar-refractivity contribution >= 4 is 10.0 Å². The molecule has 1 atom stereocenters. The minimum absolute atomic E-state index is 0.0365. The second-order valence-electron chi connectivity index (χ2n) is 6.15. The summed E-state index contributed by atoms with van der Waals surface area (Å²) in [6, 6.07) is 1.94. The van der Waals surface area contributed by atoms with E-state index in [1.54, 1.807) is 13.1 Å². The summed E-state index contributed by atoms with van der Waals surface area (Å²) in [6.45, 7) is 8.02. The van der Waals surface area contributed by atoms with Crippen LogP contribution in [0.25, 0.3) is 0 Å². The molecular formula is C15H23N5O3S. The molecule has 0 fully saturated rings. The molecule has 0 radical (unpaired) electrons. The molecule has 1 N–H and O–H groups in total. The maximum absolute atomic E-state index is 11.7. The molecule has 0 aliphatic carbocycles. The fourth-order valence-electron chi connectivity index (χ4n) is 3.01. The molecule has 3 rings (SSSR count). The fourth-order valence-corrected chi connectivity index (χ4v) is 3.66. The van der Waals surface area contributed by atoms with E-state index < -0.39 is 10.0 Å². The SMILES string of the molecule is CCS(=O)(=O)NC[C@@H]1CN(Cc2c(C)noc2C)Cc2ccnn21. The van der Waals surface area contributed by atoms with Crippen molar-refractivity contribution in [2.24, 2.45) is 0 Å². The Morgan fingerprint density at radius 1 is 1.42 bits per heavy atom. The van der Waals surface area contributed by atoms with Crippen molar-refractivity contribution in [1.82, 2.24) is 24.6 Å². The number of nitrogens with zero attached hydrogens (tertiary/aromatic N) is 4. The van der Waals surface area contributed by atoms with E-state index in [1.165, 1.54) is 0 Å². The van der Waals surface area contributed by atoms with Gasteiger partial charge in [-0.3, -0.25) is 9.58 Å². The number of aromatic nitrogens is 3. The molecule has 0 saturated heterocycles.